The van der Waals surface area contributed by atoms with Crippen molar-refractivity contribution in [1.29, 1.82) is 0 Å². The lowest BCUT2D eigenvalue weighted by Gasteiger charge is -2.06. The molecule has 5 nitrogen and oxygen atoms in total. The predicted octanol–water partition coefficient (Wildman–Crippen LogP) is 4.86. The van der Waals surface area contributed by atoms with Gasteiger partial charge in [0.2, 0.25) is 0 Å². The van der Waals surface area contributed by atoms with Crippen LogP contribution in [0.25, 0.3) is 0 Å². The lowest BCUT2D eigenvalue weighted by molar-refractivity contribution is 0.483. The molecule has 0 amide bonds. The molecule has 0 bridgehead atoms. The van der Waals surface area contributed by atoms with Gasteiger partial charge in [0.15, 0.2) is 0 Å². The Kier molecular flexibility index (Phi) is 5.69. The van der Waals surface area contributed by atoms with E-state index in [0.29, 0.717) is 0 Å². The zero-order valence-electron chi connectivity index (χ0n) is 14.8. The smallest absolute Gasteiger partial charge is 0.294 e. The number of anilines is 1. The number of fused-ring (bicyclic) bond motifs is 1. The lowest BCUT2D eigenvalue weighted by atomic mass is 9.98. The molecule has 0 spiro atoms. The van der Waals surface area contributed by atoms with Gasteiger partial charge >= 0.3 is 0 Å². The average Bonchev–Trinajstić information content (AvgIpc) is 2.96. The van der Waals surface area contributed by atoms with Crippen molar-refractivity contribution in [2.75, 3.05) is 5.32 Å². The summed E-state index contributed by atoms with van der Waals surface area (Å²) in [4.78, 5) is 4.41. The Morgan fingerprint density at radius 3 is 2.52 bits per heavy atom. The SMILES string of the molecule is CC1C(/C=C/C=C/C=C/Nc2ccccc2)=Nc2ccc(S(=O)(=O)O)cc21. The highest BCUT2D eigenvalue weighted by Crippen LogP contribution is 2.37. The fraction of sp³-hybridized carbons (Fsp3) is 0.0952. The summed E-state index contributed by atoms with van der Waals surface area (Å²) < 4.78 is 31.8. The summed E-state index contributed by atoms with van der Waals surface area (Å²) in [5.41, 5.74) is 3.38. The minimum Gasteiger partial charge on any atom is -0.362 e. The van der Waals surface area contributed by atoms with Crippen molar-refractivity contribution in [3.63, 3.8) is 0 Å². The van der Waals surface area contributed by atoms with Crippen LogP contribution >= 0.6 is 0 Å². The van der Waals surface area contributed by atoms with E-state index in [0.717, 1.165) is 22.6 Å². The highest BCUT2D eigenvalue weighted by atomic mass is 32.2. The normalized spacial score (nSPS) is 17.0. The van der Waals surface area contributed by atoms with E-state index in [1.807, 2.05) is 73.8 Å². The third-order valence-corrected chi connectivity index (χ3v) is 5.03. The Bertz CT molecular complexity index is 1040. The van der Waals surface area contributed by atoms with Crippen molar-refractivity contribution in [2.45, 2.75) is 17.7 Å². The highest BCUT2D eigenvalue weighted by Gasteiger charge is 2.23. The van der Waals surface area contributed by atoms with Crippen LogP contribution in [0.1, 0.15) is 18.4 Å². The van der Waals surface area contributed by atoms with Crippen molar-refractivity contribution >= 4 is 27.2 Å². The summed E-state index contributed by atoms with van der Waals surface area (Å²) in [7, 11) is -4.21. The number of para-hydroxylation sites is 1. The van der Waals surface area contributed by atoms with Crippen molar-refractivity contribution in [3.8, 4) is 0 Å². The van der Waals surface area contributed by atoms with Gasteiger partial charge in [-0.3, -0.25) is 9.55 Å². The molecule has 2 aromatic carbocycles. The molecule has 0 aliphatic carbocycles. The first-order chi connectivity index (χ1) is 12.9. The molecule has 138 valence electrons. The van der Waals surface area contributed by atoms with Gasteiger partial charge in [0.05, 0.1) is 10.6 Å². The van der Waals surface area contributed by atoms with Gasteiger partial charge in [-0.15, -0.1) is 0 Å². The molecule has 1 atom stereocenters. The maximum atomic E-state index is 11.3. The highest BCUT2D eigenvalue weighted by molar-refractivity contribution is 7.85. The van der Waals surface area contributed by atoms with Crippen LogP contribution in [0, 0.1) is 0 Å². The Hall–Kier alpha value is -2.96. The van der Waals surface area contributed by atoms with Crippen LogP contribution in [-0.4, -0.2) is 18.7 Å². The van der Waals surface area contributed by atoms with E-state index in [9.17, 15) is 13.0 Å². The van der Waals surface area contributed by atoms with Crippen LogP contribution in [-0.2, 0) is 10.1 Å². The van der Waals surface area contributed by atoms with Gasteiger partial charge < -0.3 is 5.32 Å². The molecule has 2 N–H and O–H groups in total. The van der Waals surface area contributed by atoms with Crippen molar-refractivity contribution in [2.24, 2.45) is 4.99 Å². The monoisotopic (exact) mass is 380 g/mol. The summed E-state index contributed by atoms with van der Waals surface area (Å²) in [5, 5.41) is 3.16. The van der Waals surface area contributed by atoms with Gasteiger partial charge in [0, 0.05) is 23.5 Å². The predicted molar refractivity (Wildman–Crippen MR) is 109 cm³/mol. The van der Waals surface area contributed by atoms with Crippen LogP contribution in [0.15, 0.2) is 95.0 Å². The van der Waals surface area contributed by atoms with Crippen LogP contribution in [0.3, 0.4) is 0 Å². The summed E-state index contributed by atoms with van der Waals surface area (Å²) in [6, 6.07) is 14.3. The molecule has 0 radical (unpaired) electrons. The van der Waals surface area contributed by atoms with Crippen LogP contribution in [0.2, 0.25) is 0 Å². The molecule has 1 unspecified atom stereocenters. The maximum Gasteiger partial charge on any atom is 0.294 e. The van der Waals surface area contributed by atoms with E-state index in [-0.39, 0.29) is 10.8 Å². The van der Waals surface area contributed by atoms with Crippen LogP contribution < -0.4 is 5.32 Å². The van der Waals surface area contributed by atoms with E-state index in [4.69, 9.17) is 0 Å². The molecule has 1 heterocycles. The average molecular weight is 380 g/mol. The molecule has 0 saturated carbocycles. The van der Waals surface area contributed by atoms with Crippen LogP contribution in [0.5, 0.6) is 0 Å². The molecule has 3 rings (SSSR count). The van der Waals surface area contributed by atoms with Gasteiger partial charge in [-0.25, -0.2) is 0 Å². The molecule has 2 aromatic rings. The third-order valence-electron chi connectivity index (χ3n) is 4.18. The van der Waals surface area contributed by atoms with Gasteiger partial charge in [-0.05, 0) is 48.0 Å². The van der Waals surface area contributed by atoms with Gasteiger partial charge in [0.1, 0.15) is 0 Å². The largest absolute Gasteiger partial charge is 0.362 e. The molecular formula is C21H20N2O3S. The molecular weight excluding hydrogens is 360 g/mol. The Labute approximate surface area is 159 Å². The Balaban J connectivity index is 1.59. The fourth-order valence-electron chi connectivity index (χ4n) is 2.74. The summed E-state index contributed by atoms with van der Waals surface area (Å²) >= 11 is 0. The number of allylic oxidation sites excluding steroid dienone is 5. The quantitative estimate of drug-likeness (QED) is 0.554. The summed E-state index contributed by atoms with van der Waals surface area (Å²) in [6.45, 7) is 1.95. The second-order valence-electron chi connectivity index (χ2n) is 6.07. The second kappa shape index (κ2) is 8.16. The zero-order chi connectivity index (χ0) is 19.3. The standard InChI is InChI=1S/C21H20N2O3S/c1-16-19-15-18(27(24,25)26)12-13-21(19)23-20(16)11-7-2-3-8-14-22-17-9-5-4-6-10-17/h2-16,22H,1H3,(H,24,25,26)/b3-2+,11-7+,14-8+. The number of hydrogen-bond acceptors (Lipinski definition) is 4. The molecule has 1 aliphatic heterocycles. The Morgan fingerprint density at radius 1 is 1.04 bits per heavy atom. The van der Waals surface area contributed by atoms with Crippen molar-refractivity contribution in [1.82, 2.24) is 0 Å². The van der Waals surface area contributed by atoms with Gasteiger partial charge in [-0.2, -0.15) is 8.42 Å². The first-order valence-corrected chi connectivity index (χ1v) is 9.90. The molecule has 1 aliphatic rings. The van der Waals surface area contributed by atoms with Crippen LogP contribution in [0.4, 0.5) is 11.4 Å². The van der Waals surface area contributed by atoms with Crippen molar-refractivity contribution < 1.29 is 13.0 Å². The number of aliphatic imine (C=N–C) groups is 1. The first kappa shape index (κ1) is 18.8. The number of nitrogens with zero attached hydrogens (tertiary/aromatic N) is 1. The molecule has 0 fully saturated rings. The third kappa shape index (κ3) is 4.81. The lowest BCUT2D eigenvalue weighted by Crippen LogP contribution is -2.03. The topological polar surface area (TPSA) is 78.8 Å². The van der Waals surface area contributed by atoms with E-state index in [1.165, 1.54) is 12.1 Å². The minimum absolute atomic E-state index is 0.0401. The zero-order valence-corrected chi connectivity index (χ0v) is 15.6. The van der Waals surface area contributed by atoms with E-state index >= 15 is 0 Å². The molecule has 6 heteroatoms. The van der Waals surface area contributed by atoms with Gasteiger partial charge in [0.25, 0.3) is 10.1 Å². The first-order valence-electron chi connectivity index (χ1n) is 8.46. The number of hydrogen-bond donors (Lipinski definition) is 2. The molecule has 0 aromatic heterocycles. The summed E-state index contributed by atoms with van der Waals surface area (Å²) in [5.74, 6) is -0.0401. The minimum atomic E-state index is -4.21. The van der Waals surface area contributed by atoms with Gasteiger partial charge in [-0.1, -0.05) is 43.4 Å². The Morgan fingerprint density at radius 2 is 1.78 bits per heavy atom. The molecule has 27 heavy (non-hydrogen) atoms. The molecule has 0 saturated heterocycles. The number of rotatable bonds is 6. The summed E-state index contributed by atoms with van der Waals surface area (Å²) in [6.07, 6.45) is 11.3. The second-order valence-corrected chi connectivity index (χ2v) is 7.49. The number of benzene rings is 2. The van der Waals surface area contributed by atoms with Crippen molar-refractivity contribution in [3.05, 3.63) is 90.7 Å². The fourth-order valence-corrected chi connectivity index (χ4v) is 3.25. The van der Waals surface area contributed by atoms with E-state index in [2.05, 4.69) is 10.3 Å². The van der Waals surface area contributed by atoms with E-state index < -0.39 is 10.1 Å². The maximum absolute atomic E-state index is 11.3. The van der Waals surface area contributed by atoms with E-state index in [1.54, 1.807) is 6.07 Å². The number of nitrogens with one attached hydrogen (secondary N) is 1.